The van der Waals surface area contributed by atoms with Gasteiger partial charge >= 0.3 is 0 Å². The molecule has 1 aromatic heterocycles. The lowest BCUT2D eigenvalue weighted by Crippen LogP contribution is -2.04. The van der Waals surface area contributed by atoms with Crippen molar-refractivity contribution in [2.45, 2.75) is 20.3 Å². The minimum atomic E-state index is 1.04. The number of nitrogens with one attached hydrogen (secondary N) is 1. The first-order valence-electron chi connectivity index (χ1n) is 4.73. The van der Waals surface area contributed by atoms with Crippen molar-refractivity contribution in [3.05, 3.63) is 22.2 Å². The number of hydrogen-bond acceptors (Lipinski definition) is 3. The highest BCUT2D eigenvalue weighted by molar-refractivity contribution is 7.07. The number of rotatable bonds is 1. The SMILES string of the molecule is C(=C1\CCNC1)/c1cscn1.CC. The van der Waals surface area contributed by atoms with Crippen LogP contribution in [0.5, 0.6) is 0 Å². The summed E-state index contributed by atoms with van der Waals surface area (Å²) in [6, 6.07) is 0. The Bertz CT molecular complexity index is 244. The molecule has 0 bridgehead atoms. The molecule has 72 valence electrons. The Hall–Kier alpha value is -0.670. The lowest BCUT2D eigenvalue weighted by molar-refractivity contribution is 0.862. The standard InChI is InChI=1S/C8H10N2S.C2H6/c1-2-9-4-7(1)3-8-5-11-6-10-8;1-2/h3,5-6,9H,1-2,4H2;1-2H3/b7-3-;. The maximum atomic E-state index is 4.19. The van der Waals surface area contributed by atoms with Gasteiger partial charge in [-0.25, -0.2) is 4.98 Å². The average molecular weight is 196 g/mol. The van der Waals surface area contributed by atoms with Gasteiger partial charge in [0.05, 0.1) is 11.2 Å². The molecule has 0 atom stereocenters. The summed E-state index contributed by atoms with van der Waals surface area (Å²) in [5.41, 5.74) is 4.44. The summed E-state index contributed by atoms with van der Waals surface area (Å²) in [7, 11) is 0. The molecule has 2 nitrogen and oxygen atoms in total. The Morgan fingerprint density at radius 1 is 1.54 bits per heavy atom. The summed E-state index contributed by atoms with van der Waals surface area (Å²) in [5, 5.41) is 5.37. The predicted octanol–water partition coefficient (Wildman–Crippen LogP) is 2.55. The van der Waals surface area contributed by atoms with Crippen LogP contribution in [0.3, 0.4) is 0 Å². The van der Waals surface area contributed by atoms with E-state index < -0.39 is 0 Å². The molecule has 1 saturated heterocycles. The molecule has 2 rings (SSSR count). The fourth-order valence-corrected chi connectivity index (χ4v) is 1.72. The van der Waals surface area contributed by atoms with E-state index >= 15 is 0 Å². The van der Waals surface area contributed by atoms with E-state index in [2.05, 4.69) is 21.8 Å². The van der Waals surface area contributed by atoms with Crippen LogP contribution in [0.4, 0.5) is 0 Å². The monoisotopic (exact) mass is 196 g/mol. The Labute approximate surface area is 83.7 Å². The van der Waals surface area contributed by atoms with Crippen molar-refractivity contribution in [2.24, 2.45) is 0 Å². The van der Waals surface area contributed by atoms with Crippen molar-refractivity contribution in [3.8, 4) is 0 Å². The molecule has 0 radical (unpaired) electrons. The summed E-state index contributed by atoms with van der Waals surface area (Å²) < 4.78 is 0. The third kappa shape index (κ3) is 3.28. The van der Waals surface area contributed by atoms with Gasteiger partial charge in [0.1, 0.15) is 0 Å². The second kappa shape index (κ2) is 5.89. The zero-order valence-electron chi connectivity index (χ0n) is 8.21. The number of aromatic nitrogens is 1. The molecule has 3 heteroatoms. The molecule has 0 saturated carbocycles. The van der Waals surface area contributed by atoms with Gasteiger partial charge in [-0.15, -0.1) is 11.3 Å². The van der Waals surface area contributed by atoms with Crippen molar-refractivity contribution in [1.82, 2.24) is 10.3 Å². The highest BCUT2D eigenvalue weighted by atomic mass is 32.1. The van der Waals surface area contributed by atoms with Crippen molar-refractivity contribution in [1.29, 1.82) is 0 Å². The first kappa shape index (κ1) is 10.4. The molecular weight excluding hydrogens is 180 g/mol. The van der Waals surface area contributed by atoms with Crippen molar-refractivity contribution in [3.63, 3.8) is 0 Å². The normalized spacial score (nSPS) is 18.5. The highest BCUT2D eigenvalue weighted by Crippen LogP contribution is 2.11. The molecule has 0 amide bonds. The van der Waals surface area contributed by atoms with Crippen LogP contribution in [0.2, 0.25) is 0 Å². The molecular formula is C10H16N2S. The van der Waals surface area contributed by atoms with Gasteiger partial charge in [0, 0.05) is 11.9 Å². The van der Waals surface area contributed by atoms with E-state index in [-0.39, 0.29) is 0 Å². The van der Waals surface area contributed by atoms with Gasteiger partial charge in [-0.1, -0.05) is 19.4 Å². The van der Waals surface area contributed by atoms with E-state index in [1.807, 2.05) is 19.4 Å². The summed E-state index contributed by atoms with van der Waals surface area (Å²) in [4.78, 5) is 4.19. The fraction of sp³-hybridized carbons (Fsp3) is 0.500. The zero-order valence-corrected chi connectivity index (χ0v) is 9.03. The van der Waals surface area contributed by atoms with E-state index in [1.165, 1.54) is 12.0 Å². The molecule has 0 aromatic carbocycles. The van der Waals surface area contributed by atoms with E-state index in [1.54, 1.807) is 11.3 Å². The van der Waals surface area contributed by atoms with Gasteiger partial charge in [-0.2, -0.15) is 0 Å². The Kier molecular flexibility index (Phi) is 4.72. The van der Waals surface area contributed by atoms with Crippen molar-refractivity contribution in [2.75, 3.05) is 13.1 Å². The van der Waals surface area contributed by atoms with Crippen molar-refractivity contribution >= 4 is 17.4 Å². The summed E-state index contributed by atoms with van der Waals surface area (Å²) in [6.45, 7) is 6.16. The first-order chi connectivity index (χ1) is 6.45. The first-order valence-corrected chi connectivity index (χ1v) is 5.68. The van der Waals surface area contributed by atoms with Gasteiger partial charge in [0.15, 0.2) is 0 Å². The Morgan fingerprint density at radius 2 is 2.38 bits per heavy atom. The van der Waals surface area contributed by atoms with Gasteiger partial charge in [-0.3, -0.25) is 0 Å². The molecule has 1 aliphatic rings. The average Bonchev–Trinajstić information content (AvgIpc) is 2.81. The van der Waals surface area contributed by atoms with Crippen LogP contribution in [0.25, 0.3) is 6.08 Å². The summed E-state index contributed by atoms with van der Waals surface area (Å²) in [5.74, 6) is 0. The fourth-order valence-electron chi connectivity index (χ4n) is 1.21. The van der Waals surface area contributed by atoms with Crippen LogP contribution >= 0.6 is 11.3 Å². The minimum Gasteiger partial charge on any atom is -0.313 e. The maximum Gasteiger partial charge on any atom is 0.0798 e. The largest absolute Gasteiger partial charge is 0.313 e. The Balaban J connectivity index is 0.000000396. The minimum absolute atomic E-state index is 1.04. The van der Waals surface area contributed by atoms with E-state index in [0.717, 1.165) is 18.8 Å². The molecule has 1 fully saturated rings. The number of thiazole rings is 1. The highest BCUT2D eigenvalue weighted by Gasteiger charge is 2.04. The van der Waals surface area contributed by atoms with E-state index in [0.29, 0.717) is 0 Å². The molecule has 0 aliphatic carbocycles. The van der Waals surface area contributed by atoms with E-state index in [9.17, 15) is 0 Å². The topological polar surface area (TPSA) is 24.9 Å². The smallest absolute Gasteiger partial charge is 0.0798 e. The molecule has 1 aliphatic heterocycles. The van der Waals surface area contributed by atoms with Crippen LogP contribution in [0.1, 0.15) is 26.0 Å². The van der Waals surface area contributed by atoms with Crippen LogP contribution in [-0.4, -0.2) is 18.1 Å². The molecule has 1 aromatic rings. The molecule has 0 spiro atoms. The van der Waals surface area contributed by atoms with E-state index in [4.69, 9.17) is 0 Å². The molecule has 13 heavy (non-hydrogen) atoms. The quantitative estimate of drug-likeness (QED) is 0.746. The third-order valence-corrected chi connectivity index (χ3v) is 2.38. The van der Waals surface area contributed by atoms with Crippen LogP contribution < -0.4 is 5.32 Å². The van der Waals surface area contributed by atoms with Crippen LogP contribution in [0, 0.1) is 0 Å². The second-order valence-electron chi connectivity index (χ2n) is 2.64. The van der Waals surface area contributed by atoms with Gasteiger partial charge in [0.2, 0.25) is 0 Å². The van der Waals surface area contributed by atoms with Crippen molar-refractivity contribution < 1.29 is 0 Å². The van der Waals surface area contributed by atoms with Crippen LogP contribution in [0.15, 0.2) is 16.5 Å². The van der Waals surface area contributed by atoms with Crippen LogP contribution in [-0.2, 0) is 0 Å². The second-order valence-corrected chi connectivity index (χ2v) is 3.36. The number of nitrogens with zero attached hydrogens (tertiary/aromatic N) is 1. The summed E-state index contributed by atoms with van der Waals surface area (Å²) >= 11 is 1.65. The van der Waals surface area contributed by atoms with Gasteiger partial charge in [0.25, 0.3) is 0 Å². The Morgan fingerprint density at radius 3 is 2.92 bits per heavy atom. The molecule has 0 unspecified atom stereocenters. The third-order valence-electron chi connectivity index (χ3n) is 1.78. The predicted molar refractivity (Wildman–Crippen MR) is 58.9 cm³/mol. The molecule has 1 N–H and O–H groups in total. The lowest BCUT2D eigenvalue weighted by atomic mass is 10.2. The number of hydrogen-bond donors (Lipinski definition) is 1. The summed E-state index contributed by atoms with van der Waals surface area (Å²) in [6.07, 6.45) is 3.36. The zero-order chi connectivity index (χ0) is 9.52. The lowest BCUT2D eigenvalue weighted by Gasteiger charge is -1.90. The van der Waals surface area contributed by atoms with Gasteiger partial charge < -0.3 is 5.32 Å². The van der Waals surface area contributed by atoms with Gasteiger partial charge in [-0.05, 0) is 19.0 Å². The molecule has 2 heterocycles. The maximum absolute atomic E-state index is 4.19.